The quantitative estimate of drug-likeness (QED) is 0.286. The van der Waals surface area contributed by atoms with Gasteiger partial charge < -0.3 is 0 Å². The lowest BCUT2D eigenvalue weighted by atomic mass is 10.0. The van der Waals surface area contributed by atoms with Crippen LogP contribution >= 0.6 is 0 Å². The van der Waals surface area contributed by atoms with Crippen LogP contribution in [-0.4, -0.2) is 19.9 Å². The standard InChI is InChI=1S/C20F12N8/c21-17(22,23)13-15(19(27,28)29)39-11-8(6(3-35)4-36)12-10(7(9(11)37-13)5(1-33)2-34)38-14(18(24,25)26)16(40-12)20(30,31)32. The highest BCUT2D eigenvalue weighted by atomic mass is 19.4. The number of hydrogen-bond acceptors (Lipinski definition) is 8. The Bertz CT molecular complexity index is 1620. The number of aromatic nitrogens is 4. The first-order chi connectivity index (χ1) is 18.2. The Kier molecular flexibility index (Phi) is 6.74. The Balaban J connectivity index is 3.08. The monoisotopic (exact) mass is 580 g/mol. The molecular formula is C20F12N8. The summed E-state index contributed by atoms with van der Waals surface area (Å²) in [6, 6.07) is 4.05. The number of benzene rings is 1. The molecule has 0 aliphatic heterocycles. The summed E-state index contributed by atoms with van der Waals surface area (Å²) >= 11 is 0. The summed E-state index contributed by atoms with van der Waals surface area (Å²) in [6.07, 6.45) is -24.0. The van der Waals surface area contributed by atoms with Crippen LogP contribution in [0.25, 0.3) is 33.2 Å². The molecule has 3 rings (SSSR count). The molecule has 0 aliphatic carbocycles. The van der Waals surface area contributed by atoms with Crippen LogP contribution in [0.5, 0.6) is 0 Å². The molecule has 0 atom stereocenters. The van der Waals surface area contributed by atoms with Gasteiger partial charge in [0.05, 0.1) is 10.4 Å². The summed E-state index contributed by atoms with van der Waals surface area (Å²) < 4.78 is 163. The molecule has 3 aromatic rings. The predicted octanol–water partition coefficient (Wildman–Crippen LogP) is 4.04. The van der Waals surface area contributed by atoms with Crippen molar-refractivity contribution in [3.05, 3.63) is 33.2 Å². The minimum absolute atomic E-state index is 1.01. The van der Waals surface area contributed by atoms with Crippen LogP contribution in [0.1, 0.15) is 22.8 Å². The van der Waals surface area contributed by atoms with Crippen LogP contribution < -0.4 is 10.4 Å². The van der Waals surface area contributed by atoms with Gasteiger partial charge in [0.15, 0.2) is 22.8 Å². The van der Waals surface area contributed by atoms with E-state index in [0.717, 1.165) is 24.3 Å². The van der Waals surface area contributed by atoms with Crippen LogP contribution in [0.3, 0.4) is 0 Å². The third-order valence-electron chi connectivity index (χ3n) is 4.76. The van der Waals surface area contributed by atoms with Gasteiger partial charge in [-0.25, -0.2) is 19.9 Å². The third-order valence-corrected chi connectivity index (χ3v) is 4.76. The zero-order valence-corrected chi connectivity index (χ0v) is 18.1. The average molecular weight is 580 g/mol. The first-order valence-electron chi connectivity index (χ1n) is 9.45. The maximum atomic E-state index is 13.6. The molecule has 0 aliphatic rings. The largest absolute Gasteiger partial charge is 0.435 e. The molecule has 0 unspecified atom stereocenters. The molecule has 0 radical (unpaired) electrons. The summed E-state index contributed by atoms with van der Waals surface area (Å²) in [7, 11) is 0. The van der Waals surface area contributed by atoms with Crippen molar-refractivity contribution in [2.75, 3.05) is 0 Å². The highest BCUT2D eigenvalue weighted by Crippen LogP contribution is 2.40. The summed E-state index contributed by atoms with van der Waals surface area (Å²) in [6.45, 7) is 0. The summed E-state index contributed by atoms with van der Waals surface area (Å²) in [5.74, 6) is 0. The van der Waals surface area contributed by atoms with E-state index in [1.54, 1.807) is 0 Å². The molecular weight excluding hydrogens is 580 g/mol. The number of alkyl halides is 12. The molecule has 2 aromatic heterocycles. The number of hydrogen-bond donors (Lipinski definition) is 0. The predicted molar refractivity (Wildman–Crippen MR) is 101 cm³/mol. The van der Waals surface area contributed by atoms with Gasteiger partial charge in [0, 0.05) is 0 Å². The molecule has 0 fully saturated rings. The first kappa shape index (κ1) is 29.3. The van der Waals surface area contributed by atoms with Crippen LogP contribution in [-0.2, 0) is 24.7 Å². The topological polar surface area (TPSA) is 147 Å². The van der Waals surface area contributed by atoms with Crippen molar-refractivity contribution in [3.8, 4) is 24.3 Å². The summed E-state index contributed by atoms with van der Waals surface area (Å²) in [5.41, 5.74) is -20.8. The molecule has 20 heteroatoms. The van der Waals surface area contributed by atoms with Gasteiger partial charge in [0.2, 0.25) is 0 Å². The number of rotatable bonds is 0. The molecule has 204 valence electrons. The lowest BCUT2D eigenvalue weighted by molar-refractivity contribution is -0.167. The summed E-state index contributed by atoms with van der Waals surface area (Å²) in [5, 5.41) is 34.1. The highest BCUT2D eigenvalue weighted by Gasteiger charge is 2.49. The van der Waals surface area contributed by atoms with Gasteiger partial charge in [-0.05, 0) is 0 Å². The van der Waals surface area contributed by atoms with Crippen LogP contribution in [0.4, 0.5) is 52.7 Å². The van der Waals surface area contributed by atoms with E-state index in [0.29, 0.717) is 0 Å². The number of halogens is 12. The zero-order chi connectivity index (χ0) is 30.6. The van der Waals surface area contributed by atoms with Gasteiger partial charge in [-0.3, -0.25) is 0 Å². The van der Waals surface area contributed by atoms with E-state index in [1.807, 2.05) is 0 Å². The van der Waals surface area contributed by atoms with Crippen molar-refractivity contribution in [1.29, 1.82) is 21.0 Å². The van der Waals surface area contributed by atoms with Crippen molar-refractivity contribution < 1.29 is 52.7 Å². The van der Waals surface area contributed by atoms with Gasteiger partial charge in [-0.15, -0.1) is 0 Å². The Morgan fingerprint density at radius 3 is 0.700 bits per heavy atom. The molecule has 0 N–H and O–H groups in total. The molecule has 8 nitrogen and oxygen atoms in total. The zero-order valence-electron chi connectivity index (χ0n) is 18.1. The van der Waals surface area contributed by atoms with E-state index in [4.69, 9.17) is 0 Å². The normalized spacial score (nSPS) is 12.4. The van der Waals surface area contributed by atoms with Gasteiger partial charge in [-0.2, -0.15) is 73.7 Å². The fourth-order valence-corrected chi connectivity index (χ4v) is 3.33. The number of fused-ring (bicyclic) bond motifs is 2. The number of nitrogens with zero attached hydrogens (tertiary/aromatic N) is 8. The van der Waals surface area contributed by atoms with E-state index in [2.05, 4.69) is 19.9 Å². The molecule has 0 saturated heterocycles. The van der Waals surface area contributed by atoms with Gasteiger partial charge in [-0.1, -0.05) is 0 Å². The lowest BCUT2D eigenvalue weighted by Gasteiger charge is -2.17. The SMILES string of the molecule is N#CC(C#N)=c1c2nc(C(F)(F)F)c(C(F)(F)F)nc2c(=C(C#N)C#N)c2nc(C(F)(F)F)c(C(F)(F)F)nc12. The van der Waals surface area contributed by atoms with Gasteiger partial charge in [0.1, 0.15) is 57.5 Å². The molecule has 1 aromatic carbocycles. The summed E-state index contributed by atoms with van der Waals surface area (Å²) in [4.78, 5) is 10.9. The van der Waals surface area contributed by atoms with E-state index in [9.17, 15) is 73.7 Å². The lowest BCUT2D eigenvalue weighted by Crippen LogP contribution is -2.30. The van der Waals surface area contributed by atoms with E-state index in [-0.39, 0.29) is 0 Å². The van der Waals surface area contributed by atoms with Crippen molar-refractivity contribution in [3.63, 3.8) is 0 Å². The molecule has 0 amide bonds. The van der Waals surface area contributed by atoms with Crippen LogP contribution in [0.2, 0.25) is 0 Å². The fourth-order valence-electron chi connectivity index (χ4n) is 3.33. The second kappa shape index (κ2) is 9.20. The van der Waals surface area contributed by atoms with Crippen molar-refractivity contribution in [2.24, 2.45) is 0 Å². The Labute approximate surface area is 210 Å². The van der Waals surface area contributed by atoms with Gasteiger partial charge >= 0.3 is 24.7 Å². The molecule has 0 saturated carbocycles. The van der Waals surface area contributed by atoms with Crippen LogP contribution in [0.15, 0.2) is 0 Å². The second-order valence-electron chi connectivity index (χ2n) is 7.17. The Morgan fingerprint density at radius 1 is 0.400 bits per heavy atom. The second-order valence-corrected chi connectivity index (χ2v) is 7.17. The van der Waals surface area contributed by atoms with Crippen molar-refractivity contribution in [2.45, 2.75) is 24.7 Å². The Hall–Kier alpha value is -5.24. The van der Waals surface area contributed by atoms with E-state index >= 15 is 0 Å². The minimum atomic E-state index is -5.99. The molecule has 0 bridgehead atoms. The fraction of sp³-hybridized carbons (Fsp3) is 0.200. The van der Waals surface area contributed by atoms with Gasteiger partial charge in [0.25, 0.3) is 0 Å². The van der Waals surface area contributed by atoms with Crippen molar-refractivity contribution >= 4 is 33.2 Å². The maximum Gasteiger partial charge on any atom is 0.435 e. The third kappa shape index (κ3) is 4.82. The number of nitriles is 4. The van der Waals surface area contributed by atoms with Crippen LogP contribution in [0, 0.1) is 45.3 Å². The smallest absolute Gasteiger partial charge is 0.239 e. The highest BCUT2D eigenvalue weighted by molar-refractivity contribution is 6.00. The minimum Gasteiger partial charge on any atom is -0.239 e. The molecule has 40 heavy (non-hydrogen) atoms. The van der Waals surface area contributed by atoms with E-state index in [1.165, 1.54) is 0 Å². The molecule has 2 heterocycles. The molecule has 0 spiro atoms. The van der Waals surface area contributed by atoms with Crippen molar-refractivity contribution in [1.82, 2.24) is 19.9 Å². The first-order valence-corrected chi connectivity index (χ1v) is 9.45. The maximum absolute atomic E-state index is 13.6. The average Bonchev–Trinajstić information content (AvgIpc) is 2.82. The Morgan fingerprint density at radius 2 is 0.575 bits per heavy atom. The van der Waals surface area contributed by atoms with E-state index < -0.39 is 91.1 Å².